The van der Waals surface area contributed by atoms with Crippen LogP contribution in [-0.2, 0) is 19.1 Å². The van der Waals surface area contributed by atoms with Crippen LogP contribution in [0.2, 0.25) is 0 Å². The highest BCUT2D eigenvalue weighted by molar-refractivity contribution is 6.04. The van der Waals surface area contributed by atoms with Crippen molar-refractivity contribution in [2.75, 3.05) is 41.2 Å². The maximum Gasteiger partial charge on any atom is 0.336 e. The molecular weight excluding hydrogens is 510 g/mol. The minimum absolute atomic E-state index is 0.0170. The van der Waals surface area contributed by atoms with E-state index in [-0.39, 0.29) is 24.9 Å². The van der Waals surface area contributed by atoms with Gasteiger partial charge in [-0.05, 0) is 49.4 Å². The molecule has 2 aromatic carbocycles. The molecule has 2 atom stereocenters. The number of nitrogens with one attached hydrogen (secondary N) is 1. The minimum atomic E-state index is -0.608. The van der Waals surface area contributed by atoms with Gasteiger partial charge in [0.1, 0.15) is 12.4 Å². The average Bonchev–Trinajstić information content (AvgIpc) is 2.96. The Bertz CT molecular complexity index is 1300. The van der Waals surface area contributed by atoms with E-state index in [0.717, 1.165) is 29.7 Å². The van der Waals surface area contributed by atoms with E-state index in [4.69, 9.17) is 23.7 Å². The van der Waals surface area contributed by atoms with Gasteiger partial charge in [0.2, 0.25) is 0 Å². The van der Waals surface area contributed by atoms with E-state index in [1.807, 2.05) is 49.4 Å². The quantitative estimate of drug-likeness (QED) is 0.277. The zero-order valence-electron chi connectivity index (χ0n) is 24.0. The van der Waals surface area contributed by atoms with Gasteiger partial charge >= 0.3 is 5.97 Å². The standard InChI is InChI=1S/C32H39NO7/c1-6-7-14-39-26-11-9-8-10-23(26)30-29(32(35)40-16-15-36-3)20(2)33-24-17-22(18-25(34)31(24)30)21-12-13-27(37-4)28(19-21)38-5/h8-13,19,22,30,33H,6-7,14-18H2,1-5H3/t22-,30+/m1/s1. The van der Waals surface area contributed by atoms with E-state index >= 15 is 0 Å². The van der Waals surface area contributed by atoms with Crippen LogP contribution >= 0.6 is 0 Å². The van der Waals surface area contributed by atoms with Crippen molar-refractivity contribution >= 4 is 11.8 Å². The van der Waals surface area contributed by atoms with E-state index in [1.165, 1.54) is 0 Å². The number of ether oxygens (including phenoxy) is 5. The van der Waals surface area contributed by atoms with Crippen LogP contribution < -0.4 is 19.5 Å². The van der Waals surface area contributed by atoms with Gasteiger partial charge in [0.05, 0.1) is 38.9 Å². The van der Waals surface area contributed by atoms with Gasteiger partial charge in [-0.3, -0.25) is 4.79 Å². The van der Waals surface area contributed by atoms with Gasteiger partial charge in [-0.15, -0.1) is 0 Å². The second-order valence-corrected chi connectivity index (χ2v) is 10.0. The average molecular weight is 550 g/mol. The van der Waals surface area contributed by atoms with Crippen molar-refractivity contribution in [3.8, 4) is 17.2 Å². The number of para-hydroxylation sites is 1. The van der Waals surface area contributed by atoms with E-state index in [0.29, 0.717) is 53.5 Å². The van der Waals surface area contributed by atoms with Crippen molar-refractivity contribution in [2.45, 2.75) is 51.4 Å². The highest BCUT2D eigenvalue weighted by Gasteiger charge is 2.42. The van der Waals surface area contributed by atoms with Gasteiger partial charge in [-0.1, -0.05) is 37.6 Å². The fourth-order valence-electron chi connectivity index (χ4n) is 5.44. The zero-order valence-corrected chi connectivity index (χ0v) is 24.0. The summed E-state index contributed by atoms with van der Waals surface area (Å²) < 4.78 is 27.7. The van der Waals surface area contributed by atoms with Crippen molar-refractivity contribution in [1.82, 2.24) is 5.32 Å². The molecule has 0 fully saturated rings. The summed E-state index contributed by atoms with van der Waals surface area (Å²) in [7, 11) is 4.75. The number of ketones is 1. The third kappa shape index (κ3) is 6.17. The molecule has 1 N–H and O–H groups in total. The maximum atomic E-state index is 14.0. The molecule has 0 radical (unpaired) electrons. The van der Waals surface area contributed by atoms with Gasteiger partial charge < -0.3 is 29.0 Å². The molecule has 2 aromatic rings. The number of allylic oxidation sites excluding steroid dienone is 3. The lowest BCUT2D eigenvalue weighted by Crippen LogP contribution is -2.36. The number of Topliss-reactive ketones (excluding diaryl/α,β-unsaturated/α-hetero) is 1. The highest BCUT2D eigenvalue weighted by atomic mass is 16.6. The van der Waals surface area contributed by atoms with Crippen molar-refractivity contribution < 1.29 is 33.3 Å². The van der Waals surface area contributed by atoms with Crippen LogP contribution in [0.25, 0.3) is 0 Å². The first-order valence-electron chi connectivity index (χ1n) is 13.8. The fraction of sp³-hybridized carbons (Fsp3) is 0.438. The molecule has 0 unspecified atom stereocenters. The molecule has 1 aliphatic carbocycles. The Morgan fingerprint density at radius 3 is 2.45 bits per heavy atom. The summed E-state index contributed by atoms with van der Waals surface area (Å²) >= 11 is 0. The van der Waals surface area contributed by atoms with Crippen LogP contribution in [0.3, 0.4) is 0 Å². The van der Waals surface area contributed by atoms with Gasteiger partial charge in [0.25, 0.3) is 0 Å². The number of hydrogen-bond acceptors (Lipinski definition) is 8. The van der Waals surface area contributed by atoms with Crippen LogP contribution in [-0.4, -0.2) is 52.9 Å². The van der Waals surface area contributed by atoms with Crippen LogP contribution in [0.5, 0.6) is 17.2 Å². The molecule has 40 heavy (non-hydrogen) atoms. The predicted octanol–water partition coefficient (Wildman–Crippen LogP) is 5.43. The van der Waals surface area contributed by atoms with Crippen LogP contribution in [0.1, 0.15) is 62.5 Å². The fourth-order valence-corrected chi connectivity index (χ4v) is 5.44. The number of unbranched alkanes of at least 4 members (excludes halogenated alkanes) is 1. The largest absolute Gasteiger partial charge is 0.493 e. The number of esters is 1. The lowest BCUT2D eigenvalue weighted by molar-refractivity contribution is -0.140. The second kappa shape index (κ2) is 13.5. The summed E-state index contributed by atoms with van der Waals surface area (Å²) in [6.45, 7) is 4.92. The number of hydrogen-bond donors (Lipinski definition) is 1. The molecule has 0 amide bonds. The summed E-state index contributed by atoms with van der Waals surface area (Å²) in [6, 6.07) is 13.4. The third-order valence-electron chi connectivity index (χ3n) is 7.43. The zero-order chi connectivity index (χ0) is 28.6. The van der Waals surface area contributed by atoms with E-state index < -0.39 is 11.9 Å². The Balaban J connectivity index is 1.76. The molecule has 0 bridgehead atoms. The summed E-state index contributed by atoms with van der Waals surface area (Å²) in [5.74, 6) is 0.769. The van der Waals surface area contributed by atoms with Crippen molar-refractivity contribution in [2.24, 2.45) is 0 Å². The molecule has 4 rings (SSSR count). The first-order chi connectivity index (χ1) is 19.4. The van der Waals surface area contributed by atoms with E-state index in [2.05, 4.69) is 12.2 Å². The number of dihydropyridines is 1. The number of rotatable bonds is 12. The second-order valence-electron chi connectivity index (χ2n) is 10.0. The third-order valence-corrected chi connectivity index (χ3v) is 7.43. The smallest absolute Gasteiger partial charge is 0.336 e. The number of carbonyl (C=O) groups is 2. The Hall–Kier alpha value is -3.78. The van der Waals surface area contributed by atoms with Crippen molar-refractivity contribution in [1.29, 1.82) is 0 Å². The van der Waals surface area contributed by atoms with Crippen LogP contribution in [0.15, 0.2) is 65.0 Å². The molecule has 1 heterocycles. The highest BCUT2D eigenvalue weighted by Crippen LogP contribution is 2.48. The molecule has 0 saturated carbocycles. The summed E-state index contributed by atoms with van der Waals surface area (Å²) in [4.78, 5) is 27.5. The Labute approximate surface area is 236 Å². The SMILES string of the molecule is CCCCOc1ccccc1[C@H]1C(C(=O)OCCOC)=C(C)NC2=C1C(=O)C[C@H](c1ccc(OC)c(OC)c1)C2. The molecule has 0 saturated heterocycles. The summed E-state index contributed by atoms with van der Waals surface area (Å²) in [6.07, 6.45) is 2.81. The number of benzene rings is 2. The number of carbonyl (C=O) groups excluding carboxylic acids is 2. The Morgan fingerprint density at radius 1 is 0.950 bits per heavy atom. The monoisotopic (exact) mass is 549 g/mol. The summed E-state index contributed by atoms with van der Waals surface area (Å²) in [5, 5.41) is 3.40. The number of methoxy groups -OCH3 is 3. The van der Waals surface area contributed by atoms with Gasteiger partial charge in [0.15, 0.2) is 17.3 Å². The van der Waals surface area contributed by atoms with E-state index in [1.54, 1.807) is 21.3 Å². The minimum Gasteiger partial charge on any atom is -0.493 e. The molecule has 214 valence electrons. The molecule has 8 nitrogen and oxygen atoms in total. The van der Waals surface area contributed by atoms with Crippen molar-refractivity contribution in [3.05, 3.63) is 76.1 Å². The van der Waals surface area contributed by atoms with Crippen molar-refractivity contribution in [3.63, 3.8) is 0 Å². The lowest BCUT2D eigenvalue weighted by atomic mass is 9.71. The van der Waals surface area contributed by atoms with Gasteiger partial charge in [-0.2, -0.15) is 0 Å². The normalized spacial score (nSPS) is 18.7. The molecule has 2 aliphatic rings. The predicted molar refractivity (Wildman–Crippen MR) is 152 cm³/mol. The molecule has 0 aromatic heterocycles. The Kier molecular flexibility index (Phi) is 9.88. The van der Waals surface area contributed by atoms with Crippen LogP contribution in [0, 0.1) is 0 Å². The summed E-state index contributed by atoms with van der Waals surface area (Å²) in [5.41, 5.74) is 4.26. The first-order valence-corrected chi connectivity index (χ1v) is 13.8. The molecular formula is C32H39NO7. The topological polar surface area (TPSA) is 92.3 Å². The van der Waals surface area contributed by atoms with E-state index in [9.17, 15) is 9.59 Å². The van der Waals surface area contributed by atoms with Crippen LogP contribution in [0.4, 0.5) is 0 Å². The molecule has 8 heteroatoms. The maximum absolute atomic E-state index is 14.0. The lowest BCUT2D eigenvalue weighted by Gasteiger charge is -2.37. The molecule has 1 aliphatic heterocycles. The van der Waals surface area contributed by atoms with Gasteiger partial charge in [-0.25, -0.2) is 4.79 Å². The Morgan fingerprint density at radius 2 is 1.73 bits per heavy atom. The van der Waals surface area contributed by atoms with Gasteiger partial charge in [0, 0.05) is 36.1 Å². The molecule has 0 spiro atoms. The first kappa shape index (κ1) is 29.2.